The number of rotatable bonds is 3. The van der Waals surface area contributed by atoms with Crippen LogP contribution in [0.25, 0.3) is 5.69 Å². The molecule has 0 aliphatic carbocycles. The zero-order chi connectivity index (χ0) is 11.5. The van der Waals surface area contributed by atoms with Gasteiger partial charge in [0.05, 0.1) is 12.1 Å². The fourth-order valence-electron chi connectivity index (χ4n) is 1.35. The van der Waals surface area contributed by atoms with Gasteiger partial charge in [-0.2, -0.15) is 0 Å². The SMILES string of the molecule is O=C(O)Cc1cc(Cl)ccc1-n1cnnn1. The van der Waals surface area contributed by atoms with Gasteiger partial charge in [-0.1, -0.05) is 11.6 Å². The lowest BCUT2D eigenvalue weighted by molar-refractivity contribution is -0.136. The smallest absolute Gasteiger partial charge is 0.307 e. The highest BCUT2D eigenvalue weighted by Crippen LogP contribution is 2.19. The molecule has 0 saturated heterocycles. The monoisotopic (exact) mass is 238 g/mol. The van der Waals surface area contributed by atoms with E-state index in [0.29, 0.717) is 16.3 Å². The van der Waals surface area contributed by atoms with Crippen molar-refractivity contribution in [3.05, 3.63) is 35.1 Å². The Morgan fingerprint density at radius 2 is 2.31 bits per heavy atom. The molecule has 0 saturated carbocycles. The Morgan fingerprint density at radius 1 is 1.50 bits per heavy atom. The number of hydrogen-bond donors (Lipinski definition) is 1. The Hall–Kier alpha value is -1.95. The summed E-state index contributed by atoms with van der Waals surface area (Å²) in [6, 6.07) is 4.92. The van der Waals surface area contributed by atoms with Gasteiger partial charge in [-0.3, -0.25) is 4.79 Å². The highest BCUT2D eigenvalue weighted by atomic mass is 35.5. The number of carbonyl (C=O) groups is 1. The van der Waals surface area contributed by atoms with Crippen LogP contribution in [0, 0.1) is 0 Å². The number of hydrogen-bond acceptors (Lipinski definition) is 4. The summed E-state index contributed by atoms with van der Waals surface area (Å²) < 4.78 is 1.40. The van der Waals surface area contributed by atoms with Crippen molar-refractivity contribution in [3.63, 3.8) is 0 Å². The number of aromatic nitrogens is 4. The lowest BCUT2D eigenvalue weighted by Crippen LogP contribution is -2.06. The zero-order valence-corrected chi connectivity index (χ0v) is 8.79. The van der Waals surface area contributed by atoms with E-state index in [1.807, 2.05) is 0 Å². The highest BCUT2D eigenvalue weighted by molar-refractivity contribution is 6.30. The summed E-state index contributed by atoms with van der Waals surface area (Å²) in [5, 5.41) is 19.9. The molecule has 2 aromatic rings. The Labute approximate surface area is 95.5 Å². The first-order valence-electron chi connectivity index (χ1n) is 4.40. The van der Waals surface area contributed by atoms with Gasteiger partial charge in [-0.15, -0.1) is 5.10 Å². The summed E-state index contributed by atoms with van der Waals surface area (Å²) in [7, 11) is 0. The molecule has 0 spiro atoms. The van der Waals surface area contributed by atoms with Crippen LogP contribution >= 0.6 is 11.6 Å². The Morgan fingerprint density at radius 3 is 2.94 bits per heavy atom. The largest absolute Gasteiger partial charge is 0.481 e. The molecule has 0 fully saturated rings. The Kier molecular flexibility index (Phi) is 2.82. The number of halogens is 1. The van der Waals surface area contributed by atoms with Crippen LogP contribution in [-0.2, 0) is 11.2 Å². The molecule has 2 rings (SSSR count). The standard InChI is InChI=1S/C9H7ClN4O2/c10-7-1-2-8(14-5-11-12-13-14)6(3-7)4-9(15)16/h1-3,5H,4H2,(H,15,16). The molecule has 0 bridgehead atoms. The van der Waals surface area contributed by atoms with E-state index in [4.69, 9.17) is 16.7 Å². The van der Waals surface area contributed by atoms with E-state index < -0.39 is 5.97 Å². The van der Waals surface area contributed by atoms with Gasteiger partial charge in [0.2, 0.25) is 0 Å². The van der Waals surface area contributed by atoms with E-state index in [0.717, 1.165) is 0 Å². The van der Waals surface area contributed by atoms with Crippen molar-refractivity contribution in [3.8, 4) is 5.69 Å². The molecule has 16 heavy (non-hydrogen) atoms. The topological polar surface area (TPSA) is 80.9 Å². The number of nitrogens with zero attached hydrogens (tertiary/aromatic N) is 4. The van der Waals surface area contributed by atoms with Crippen LogP contribution in [0.4, 0.5) is 0 Å². The van der Waals surface area contributed by atoms with Crippen LogP contribution in [0.3, 0.4) is 0 Å². The van der Waals surface area contributed by atoms with Gasteiger partial charge in [0.25, 0.3) is 0 Å². The van der Waals surface area contributed by atoms with Gasteiger partial charge in [0.1, 0.15) is 6.33 Å². The van der Waals surface area contributed by atoms with Crippen LogP contribution in [0.5, 0.6) is 0 Å². The summed E-state index contributed by atoms with van der Waals surface area (Å²) in [6.45, 7) is 0. The Bertz CT molecular complexity index is 512. The summed E-state index contributed by atoms with van der Waals surface area (Å²) in [4.78, 5) is 10.7. The minimum atomic E-state index is -0.934. The van der Waals surface area contributed by atoms with E-state index in [1.165, 1.54) is 11.0 Å². The quantitative estimate of drug-likeness (QED) is 0.861. The minimum Gasteiger partial charge on any atom is -0.481 e. The third-order valence-electron chi connectivity index (χ3n) is 1.98. The second-order valence-corrected chi connectivity index (χ2v) is 3.53. The molecule has 6 nitrogen and oxygen atoms in total. The minimum absolute atomic E-state index is 0.129. The zero-order valence-electron chi connectivity index (χ0n) is 8.04. The van der Waals surface area contributed by atoms with E-state index >= 15 is 0 Å². The Balaban J connectivity index is 2.48. The molecule has 0 aliphatic rings. The van der Waals surface area contributed by atoms with Crippen LogP contribution in [0.15, 0.2) is 24.5 Å². The molecular formula is C9H7ClN4O2. The number of carboxylic acids is 1. The van der Waals surface area contributed by atoms with Crippen LogP contribution in [0.1, 0.15) is 5.56 Å². The molecule has 0 unspecified atom stereocenters. The third kappa shape index (κ3) is 2.17. The van der Waals surface area contributed by atoms with E-state index in [9.17, 15) is 4.79 Å². The van der Waals surface area contributed by atoms with Gasteiger partial charge in [-0.05, 0) is 34.2 Å². The molecule has 7 heteroatoms. The third-order valence-corrected chi connectivity index (χ3v) is 2.21. The van der Waals surface area contributed by atoms with Gasteiger partial charge in [-0.25, -0.2) is 4.68 Å². The second-order valence-electron chi connectivity index (χ2n) is 3.10. The van der Waals surface area contributed by atoms with Gasteiger partial charge in [0.15, 0.2) is 0 Å². The van der Waals surface area contributed by atoms with Gasteiger partial charge < -0.3 is 5.11 Å². The molecule has 1 N–H and O–H groups in total. The summed E-state index contributed by atoms with van der Waals surface area (Å²) in [6.07, 6.45) is 1.27. The van der Waals surface area contributed by atoms with E-state index in [2.05, 4.69) is 15.5 Å². The maximum Gasteiger partial charge on any atom is 0.307 e. The summed E-state index contributed by atoms with van der Waals surface area (Å²) >= 11 is 5.81. The maximum absolute atomic E-state index is 10.7. The fourth-order valence-corrected chi connectivity index (χ4v) is 1.55. The lowest BCUT2D eigenvalue weighted by Gasteiger charge is -2.06. The first-order valence-corrected chi connectivity index (χ1v) is 4.78. The first kappa shape index (κ1) is 10.6. The molecule has 0 atom stereocenters. The number of aliphatic carboxylic acids is 1. The first-order chi connectivity index (χ1) is 7.66. The second kappa shape index (κ2) is 4.28. The molecule has 1 aromatic heterocycles. The number of benzene rings is 1. The van der Waals surface area contributed by atoms with Crippen molar-refractivity contribution in [2.45, 2.75) is 6.42 Å². The van der Waals surface area contributed by atoms with Crippen molar-refractivity contribution >= 4 is 17.6 Å². The average Bonchev–Trinajstić information content (AvgIpc) is 2.69. The average molecular weight is 239 g/mol. The summed E-state index contributed by atoms with van der Waals surface area (Å²) in [5.74, 6) is -0.934. The molecule has 82 valence electrons. The van der Waals surface area contributed by atoms with Crippen LogP contribution in [0.2, 0.25) is 5.02 Å². The number of carboxylic acid groups (broad SMARTS) is 1. The molecule has 1 heterocycles. The lowest BCUT2D eigenvalue weighted by atomic mass is 10.1. The van der Waals surface area contributed by atoms with Gasteiger partial charge in [0, 0.05) is 5.02 Å². The molecule has 1 aromatic carbocycles. The maximum atomic E-state index is 10.7. The van der Waals surface area contributed by atoms with Crippen molar-refractivity contribution in [2.75, 3.05) is 0 Å². The number of tetrazole rings is 1. The van der Waals surface area contributed by atoms with Crippen molar-refractivity contribution in [1.29, 1.82) is 0 Å². The summed E-state index contributed by atoms with van der Waals surface area (Å²) in [5.41, 5.74) is 1.17. The van der Waals surface area contributed by atoms with Crippen LogP contribution < -0.4 is 0 Å². The van der Waals surface area contributed by atoms with Crippen molar-refractivity contribution < 1.29 is 9.90 Å². The van der Waals surface area contributed by atoms with Crippen LogP contribution in [-0.4, -0.2) is 31.3 Å². The molecule has 0 radical (unpaired) electrons. The van der Waals surface area contributed by atoms with E-state index in [1.54, 1.807) is 18.2 Å². The molecule has 0 aliphatic heterocycles. The van der Waals surface area contributed by atoms with Crippen molar-refractivity contribution in [1.82, 2.24) is 20.2 Å². The fraction of sp³-hybridized carbons (Fsp3) is 0.111. The highest BCUT2D eigenvalue weighted by Gasteiger charge is 2.10. The molecular weight excluding hydrogens is 232 g/mol. The molecule has 0 amide bonds. The predicted octanol–water partition coefficient (Wildman–Crippen LogP) is 0.943. The van der Waals surface area contributed by atoms with Gasteiger partial charge >= 0.3 is 5.97 Å². The normalized spacial score (nSPS) is 10.3. The predicted molar refractivity (Wildman–Crippen MR) is 55.5 cm³/mol. The van der Waals surface area contributed by atoms with E-state index in [-0.39, 0.29) is 6.42 Å². The van der Waals surface area contributed by atoms with Crippen molar-refractivity contribution in [2.24, 2.45) is 0 Å².